The van der Waals surface area contributed by atoms with E-state index in [0.29, 0.717) is 4.88 Å². The molecule has 0 radical (unpaired) electrons. The molecule has 4 rings (SSSR count). The van der Waals surface area contributed by atoms with Crippen molar-refractivity contribution in [3.05, 3.63) is 73.2 Å². The van der Waals surface area contributed by atoms with Crippen LogP contribution in [0, 0.1) is 20.8 Å². The molecule has 0 spiro atoms. The van der Waals surface area contributed by atoms with Gasteiger partial charge in [-0.15, -0.1) is 0 Å². The van der Waals surface area contributed by atoms with Crippen LogP contribution in [0.15, 0.2) is 46.2 Å². The number of aromatic nitrogens is 1. The number of carbonyl (C=O) groups is 1. The molecule has 31 heavy (non-hydrogen) atoms. The third kappa shape index (κ3) is 3.96. The number of aromatic hydroxyl groups is 1. The number of fused-ring (bicyclic) bond motifs is 1. The molecule has 0 bridgehead atoms. The van der Waals surface area contributed by atoms with Crippen molar-refractivity contribution in [1.82, 2.24) is 4.57 Å². The SMILES string of the molecule is CC1=Nc2ccc(C)cc2C1=Cc1sc(=O)n(CC(=O)Nc2c(C)cccc2C)c1O. The highest BCUT2D eigenvalue weighted by atomic mass is 32.1. The van der Waals surface area contributed by atoms with Crippen LogP contribution in [0.4, 0.5) is 11.4 Å². The van der Waals surface area contributed by atoms with Crippen molar-refractivity contribution in [2.45, 2.75) is 34.2 Å². The fourth-order valence-electron chi connectivity index (χ4n) is 3.69. The summed E-state index contributed by atoms with van der Waals surface area (Å²) >= 11 is 0.909. The summed E-state index contributed by atoms with van der Waals surface area (Å²) in [5, 5.41) is 13.5. The summed E-state index contributed by atoms with van der Waals surface area (Å²) < 4.78 is 1.10. The number of hydrogen-bond acceptors (Lipinski definition) is 5. The van der Waals surface area contributed by atoms with E-state index < -0.39 is 4.87 Å². The van der Waals surface area contributed by atoms with Crippen LogP contribution in [0.5, 0.6) is 5.88 Å². The lowest BCUT2D eigenvalue weighted by molar-refractivity contribution is -0.116. The van der Waals surface area contributed by atoms with Gasteiger partial charge >= 0.3 is 4.87 Å². The quantitative estimate of drug-likeness (QED) is 0.618. The minimum absolute atomic E-state index is 0.215. The number of nitrogens with one attached hydrogen (secondary N) is 1. The predicted molar refractivity (Wildman–Crippen MR) is 127 cm³/mol. The van der Waals surface area contributed by atoms with Crippen LogP contribution in [0.25, 0.3) is 11.6 Å². The third-order valence-electron chi connectivity index (χ3n) is 5.34. The van der Waals surface area contributed by atoms with E-state index in [-0.39, 0.29) is 18.3 Å². The molecule has 1 amide bonds. The first-order chi connectivity index (χ1) is 14.7. The topological polar surface area (TPSA) is 83.7 Å². The van der Waals surface area contributed by atoms with Crippen molar-refractivity contribution in [1.29, 1.82) is 0 Å². The third-order valence-corrected chi connectivity index (χ3v) is 6.25. The van der Waals surface area contributed by atoms with E-state index in [0.717, 1.165) is 60.8 Å². The number of amides is 1. The van der Waals surface area contributed by atoms with Crippen molar-refractivity contribution < 1.29 is 9.90 Å². The lowest BCUT2D eigenvalue weighted by atomic mass is 10.0. The molecular formula is C24H23N3O3S. The number of carbonyl (C=O) groups excluding carboxylic acids is 1. The summed E-state index contributed by atoms with van der Waals surface area (Å²) in [5.41, 5.74) is 7.22. The van der Waals surface area contributed by atoms with Gasteiger partial charge in [-0.3, -0.25) is 19.1 Å². The van der Waals surface area contributed by atoms with E-state index in [1.807, 2.05) is 64.1 Å². The Hall–Kier alpha value is -3.45. The zero-order valence-corrected chi connectivity index (χ0v) is 18.6. The van der Waals surface area contributed by atoms with Gasteiger partial charge in [0.1, 0.15) is 6.54 Å². The smallest absolute Gasteiger partial charge is 0.311 e. The summed E-state index contributed by atoms with van der Waals surface area (Å²) in [4.78, 5) is 29.7. The lowest BCUT2D eigenvalue weighted by Crippen LogP contribution is -2.24. The standard InChI is InChI=1S/C24H23N3O3S/c1-13-8-9-19-18(10-13)17(16(4)25-19)11-20-23(29)27(24(30)31-20)12-21(28)26-22-14(2)6-5-7-15(22)3/h5-11,29H,12H2,1-4H3,(H,26,28). The second-order valence-corrected chi connectivity index (χ2v) is 8.73. The first-order valence-corrected chi connectivity index (χ1v) is 10.7. The first kappa shape index (κ1) is 20.8. The van der Waals surface area contributed by atoms with E-state index in [9.17, 15) is 14.7 Å². The minimum atomic E-state index is -0.391. The predicted octanol–water partition coefficient (Wildman–Crippen LogP) is 4.83. The van der Waals surface area contributed by atoms with Gasteiger partial charge in [-0.2, -0.15) is 0 Å². The van der Waals surface area contributed by atoms with Crippen LogP contribution >= 0.6 is 11.3 Å². The lowest BCUT2D eigenvalue weighted by Gasteiger charge is -2.11. The molecule has 3 aromatic rings. The Morgan fingerprint density at radius 1 is 1.16 bits per heavy atom. The average Bonchev–Trinajstić information content (AvgIpc) is 3.15. The summed E-state index contributed by atoms with van der Waals surface area (Å²) in [6, 6.07) is 11.7. The monoisotopic (exact) mass is 433 g/mol. The maximum Gasteiger partial charge on any atom is 0.311 e. The zero-order chi connectivity index (χ0) is 22.3. The average molecular weight is 434 g/mol. The fraction of sp³-hybridized carbons (Fsp3) is 0.208. The summed E-state index contributed by atoms with van der Waals surface area (Å²) in [6.45, 7) is 7.46. The van der Waals surface area contributed by atoms with E-state index in [1.54, 1.807) is 6.08 Å². The minimum Gasteiger partial charge on any atom is -0.493 e. The van der Waals surface area contributed by atoms with Gasteiger partial charge in [-0.05, 0) is 57.0 Å². The molecule has 2 aromatic carbocycles. The van der Waals surface area contributed by atoms with Crippen molar-refractivity contribution >= 4 is 46.0 Å². The second kappa shape index (κ2) is 8.00. The van der Waals surface area contributed by atoms with Crippen LogP contribution < -0.4 is 10.2 Å². The van der Waals surface area contributed by atoms with Gasteiger partial charge in [-0.1, -0.05) is 41.2 Å². The molecular weight excluding hydrogens is 410 g/mol. The molecule has 1 aliphatic heterocycles. The maximum atomic E-state index is 12.6. The van der Waals surface area contributed by atoms with E-state index in [4.69, 9.17) is 0 Å². The molecule has 2 heterocycles. The van der Waals surface area contributed by atoms with Gasteiger partial charge in [0.25, 0.3) is 0 Å². The summed E-state index contributed by atoms with van der Waals surface area (Å²) in [7, 11) is 0. The summed E-state index contributed by atoms with van der Waals surface area (Å²) in [5.74, 6) is -0.584. The maximum absolute atomic E-state index is 12.6. The normalized spacial score (nSPS) is 13.9. The van der Waals surface area contributed by atoms with Crippen LogP contribution in [0.2, 0.25) is 0 Å². The van der Waals surface area contributed by atoms with Gasteiger partial charge < -0.3 is 10.4 Å². The zero-order valence-electron chi connectivity index (χ0n) is 17.8. The van der Waals surface area contributed by atoms with E-state index >= 15 is 0 Å². The van der Waals surface area contributed by atoms with Crippen molar-refractivity contribution in [2.24, 2.45) is 4.99 Å². The van der Waals surface area contributed by atoms with Gasteiger partial charge in [0.15, 0.2) is 0 Å². The Morgan fingerprint density at radius 3 is 2.58 bits per heavy atom. The number of aliphatic imine (C=N–C) groups is 1. The van der Waals surface area contributed by atoms with Gasteiger partial charge in [0, 0.05) is 22.5 Å². The van der Waals surface area contributed by atoms with Crippen LogP contribution in [-0.4, -0.2) is 21.3 Å². The number of rotatable bonds is 4. The highest BCUT2D eigenvalue weighted by molar-refractivity contribution is 7.10. The molecule has 7 heteroatoms. The summed E-state index contributed by atoms with van der Waals surface area (Å²) in [6.07, 6.45) is 1.77. The first-order valence-electron chi connectivity index (χ1n) is 9.91. The number of allylic oxidation sites excluding steroid dienone is 1. The molecule has 1 aromatic heterocycles. The van der Waals surface area contributed by atoms with Crippen LogP contribution in [0.3, 0.4) is 0 Å². The number of aryl methyl sites for hydroxylation is 3. The fourth-order valence-corrected chi connectivity index (χ4v) is 4.52. The number of anilines is 1. The highest BCUT2D eigenvalue weighted by Gasteiger charge is 2.21. The molecule has 2 N–H and O–H groups in total. The van der Waals surface area contributed by atoms with Crippen molar-refractivity contribution in [3.63, 3.8) is 0 Å². The van der Waals surface area contributed by atoms with Crippen LogP contribution in [-0.2, 0) is 11.3 Å². The molecule has 1 aliphatic rings. The number of nitrogens with zero attached hydrogens (tertiary/aromatic N) is 2. The molecule has 0 atom stereocenters. The molecule has 158 valence electrons. The van der Waals surface area contributed by atoms with E-state index in [2.05, 4.69) is 10.3 Å². The molecule has 0 unspecified atom stereocenters. The number of benzene rings is 2. The van der Waals surface area contributed by atoms with Crippen LogP contribution in [0.1, 0.15) is 34.1 Å². The molecule has 6 nitrogen and oxygen atoms in total. The number of thiazole rings is 1. The molecule has 0 saturated heterocycles. The molecule has 0 fully saturated rings. The molecule has 0 saturated carbocycles. The van der Waals surface area contributed by atoms with E-state index in [1.165, 1.54) is 0 Å². The van der Waals surface area contributed by atoms with Gasteiger partial charge in [0.2, 0.25) is 11.8 Å². The molecule has 0 aliphatic carbocycles. The number of para-hydroxylation sites is 1. The van der Waals surface area contributed by atoms with Gasteiger partial charge in [-0.25, -0.2) is 0 Å². The van der Waals surface area contributed by atoms with Crippen molar-refractivity contribution in [3.8, 4) is 5.88 Å². The highest BCUT2D eigenvalue weighted by Crippen LogP contribution is 2.38. The Morgan fingerprint density at radius 2 is 1.87 bits per heavy atom. The Labute approximate surface area is 184 Å². The second-order valence-electron chi connectivity index (χ2n) is 7.73. The van der Waals surface area contributed by atoms with Crippen molar-refractivity contribution in [2.75, 3.05) is 5.32 Å². The van der Waals surface area contributed by atoms with Gasteiger partial charge in [0.05, 0.1) is 10.6 Å². The number of hydrogen-bond donors (Lipinski definition) is 2. The Bertz CT molecular complexity index is 1310. The Balaban J connectivity index is 1.63. The largest absolute Gasteiger partial charge is 0.493 e. The Kier molecular flexibility index (Phi) is 5.37.